The van der Waals surface area contributed by atoms with Crippen molar-refractivity contribution in [2.45, 2.75) is 27.2 Å². The van der Waals surface area contributed by atoms with Crippen LogP contribution in [-0.4, -0.2) is 22.4 Å². The predicted octanol–water partition coefficient (Wildman–Crippen LogP) is 4.38. The Morgan fingerprint density at radius 3 is 2.60 bits per heavy atom. The second-order valence-corrected chi connectivity index (χ2v) is 6.75. The van der Waals surface area contributed by atoms with E-state index in [1.807, 2.05) is 43.3 Å². The van der Waals surface area contributed by atoms with Crippen LogP contribution in [0.1, 0.15) is 36.2 Å². The maximum atomic E-state index is 12.8. The largest absolute Gasteiger partial charge is 0.352 e. The van der Waals surface area contributed by atoms with Gasteiger partial charge in [-0.05, 0) is 49.6 Å². The molecule has 2 heterocycles. The molecule has 0 saturated carbocycles. The molecule has 0 unspecified atom stereocenters. The molecule has 0 aliphatic rings. The molecule has 0 bridgehead atoms. The molecule has 0 saturated heterocycles. The first kappa shape index (κ1) is 17.1. The van der Waals surface area contributed by atoms with Crippen LogP contribution in [-0.2, 0) is 0 Å². The number of benzene rings is 1. The normalized spacial score (nSPS) is 11.0. The second kappa shape index (κ2) is 7.43. The van der Waals surface area contributed by atoms with Gasteiger partial charge in [0.25, 0.3) is 5.91 Å². The van der Waals surface area contributed by atoms with Crippen LogP contribution in [0.25, 0.3) is 22.2 Å². The van der Waals surface area contributed by atoms with Crippen LogP contribution >= 0.6 is 0 Å². The second-order valence-electron chi connectivity index (χ2n) is 6.75. The molecule has 1 amide bonds. The van der Waals surface area contributed by atoms with Crippen LogP contribution in [0.5, 0.6) is 0 Å². The molecule has 4 heteroatoms. The molecule has 3 rings (SSSR count). The van der Waals surface area contributed by atoms with E-state index in [0.717, 1.165) is 34.1 Å². The summed E-state index contributed by atoms with van der Waals surface area (Å²) in [6, 6.07) is 11.7. The Morgan fingerprint density at radius 2 is 1.88 bits per heavy atom. The lowest BCUT2D eigenvalue weighted by Crippen LogP contribution is -2.25. The molecule has 0 aliphatic carbocycles. The number of amides is 1. The summed E-state index contributed by atoms with van der Waals surface area (Å²) < 4.78 is 0. The fraction of sp³-hybridized carbons (Fsp3) is 0.286. The van der Waals surface area contributed by atoms with Crippen LogP contribution in [0.4, 0.5) is 0 Å². The highest BCUT2D eigenvalue weighted by molar-refractivity contribution is 6.07. The summed E-state index contributed by atoms with van der Waals surface area (Å²) in [5.74, 6) is 0.512. The molecule has 0 spiro atoms. The van der Waals surface area contributed by atoms with Crippen molar-refractivity contribution in [2.75, 3.05) is 6.54 Å². The van der Waals surface area contributed by atoms with Gasteiger partial charge in [0.1, 0.15) is 0 Å². The molecule has 0 atom stereocenters. The smallest absolute Gasteiger partial charge is 0.252 e. The van der Waals surface area contributed by atoms with E-state index < -0.39 is 0 Å². The fourth-order valence-electron chi connectivity index (χ4n) is 2.77. The van der Waals surface area contributed by atoms with E-state index in [1.54, 1.807) is 12.4 Å². The summed E-state index contributed by atoms with van der Waals surface area (Å²) in [7, 11) is 0. The van der Waals surface area contributed by atoms with Gasteiger partial charge in [0, 0.05) is 29.9 Å². The summed E-state index contributed by atoms with van der Waals surface area (Å²) in [6.07, 6.45) is 4.43. The Hall–Kier alpha value is -2.75. The van der Waals surface area contributed by atoms with Crippen molar-refractivity contribution in [1.82, 2.24) is 15.3 Å². The first-order chi connectivity index (χ1) is 12.0. The highest BCUT2D eigenvalue weighted by atomic mass is 16.1. The number of nitrogens with one attached hydrogen (secondary N) is 1. The zero-order chi connectivity index (χ0) is 17.8. The van der Waals surface area contributed by atoms with Crippen LogP contribution in [0.2, 0.25) is 0 Å². The van der Waals surface area contributed by atoms with Gasteiger partial charge in [0.15, 0.2) is 0 Å². The van der Waals surface area contributed by atoms with Gasteiger partial charge in [-0.2, -0.15) is 0 Å². The zero-order valence-electron chi connectivity index (χ0n) is 14.9. The van der Waals surface area contributed by atoms with Gasteiger partial charge in [-0.3, -0.25) is 9.78 Å². The van der Waals surface area contributed by atoms with Gasteiger partial charge >= 0.3 is 0 Å². The summed E-state index contributed by atoms with van der Waals surface area (Å²) in [4.78, 5) is 21.6. The number of aryl methyl sites for hydroxylation is 1. The first-order valence-electron chi connectivity index (χ1n) is 8.64. The average molecular weight is 333 g/mol. The molecular weight excluding hydrogens is 310 g/mol. The lowest BCUT2D eigenvalue weighted by atomic mass is 10.0. The van der Waals surface area contributed by atoms with Crippen molar-refractivity contribution in [3.05, 3.63) is 59.9 Å². The van der Waals surface area contributed by atoms with Gasteiger partial charge in [0.2, 0.25) is 0 Å². The SMILES string of the molecule is Cc1ccc2nc(-c3ccncc3)cc(C(=O)NCCC(C)C)c2c1. The molecule has 0 fully saturated rings. The molecule has 128 valence electrons. The highest BCUT2D eigenvalue weighted by Gasteiger charge is 2.14. The number of rotatable bonds is 5. The van der Waals surface area contributed by atoms with Crippen LogP contribution in [0, 0.1) is 12.8 Å². The molecule has 1 aromatic carbocycles. The van der Waals surface area contributed by atoms with Crippen molar-refractivity contribution in [3.8, 4) is 11.3 Å². The number of hydrogen-bond acceptors (Lipinski definition) is 3. The van der Waals surface area contributed by atoms with Gasteiger partial charge in [-0.1, -0.05) is 25.5 Å². The maximum Gasteiger partial charge on any atom is 0.252 e. The monoisotopic (exact) mass is 333 g/mol. The lowest BCUT2D eigenvalue weighted by molar-refractivity contribution is 0.0953. The Balaban J connectivity index is 2.04. The summed E-state index contributed by atoms with van der Waals surface area (Å²) >= 11 is 0. The molecule has 0 radical (unpaired) electrons. The van der Waals surface area contributed by atoms with Gasteiger partial charge in [0.05, 0.1) is 16.8 Å². The minimum atomic E-state index is -0.0473. The molecular formula is C21H23N3O. The Kier molecular flexibility index (Phi) is 5.08. The summed E-state index contributed by atoms with van der Waals surface area (Å²) in [6.45, 7) is 7.01. The minimum Gasteiger partial charge on any atom is -0.352 e. The third-order valence-electron chi connectivity index (χ3n) is 4.19. The van der Waals surface area contributed by atoms with Crippen molar-refractivity contribution in [1.29, 1.82) is 0 Å². The van der Waals surface area contributed by atoms with E-state index in [0.29, 0.717) is 18.0 Å². The molecule has 0 aliphatic heterocycles. The van der Waals surface area contributed by atoms with E-state index in [-0.39, 0.29) is 5.91 Å². The van der Waals surface area contributed by atoms with E-state index in [4.69, 9.17) is 4.98 Å². The molecule has 3 aromatic rings. The van der Waals surface area contributed by atoms with E-state index in [2.05, 4.69) is 24.1 Å². The molecule has 1 N–H and O–H groups in total. The molecule has 25 heavy (non-hydrogen) atoms. The molecule has 2 aromatic heterocycles. The summed E-state index contributed by atoms with van der Waals surface area (Å²) in [5, 5.41) is 3.93. The van der Waals surface area contributed by atoms with Gasteiger partial charge in [-0.25, -0.2) is 4.98 Å². The number of carbonyl (C=O) groups is 1. The lowest BCUT2D eigenvalue weighted by Gasteiger charge is -2.12. The van der Waals surface area contributed by atoms with Crippen LogP contribution in [0.15, 0.2) is 48.8 Å². The van der Waals surface area contributed by atoms with E-state index in [1.165, 1.54) is 0 Å². The zero-order valence-corrected chi connectivity index (χ0v) is 14.9. The number of aromatic nitrogens is 2. The topological polar surface area (TPSA) is 54.9 Å². The number of carbonyl (C=O) groups excluding carboxylic acids is 1. The Labute approximate surface area is 148 Å². The summed E-state index contributed by atoms with van der Waals surface area (Å²) in [5.41, 5.74) is 4.35. The average Bonchev–Trinajstić information content (AvgIpc) is 2.61. The van der Waals surface area contributed by atoms with Crippen LogP contribution < -0.4 is 5.32 Å². The van der Waals surface area contributed by atoms with E-state index in [9.17, 15) is 4.79 Å². The van der Waals surface area contributed by atoms with Crippen molar-refractivity contribution >= 4 is 16.8 Å². The molecule has 4 nitrogen and oxygen atoms in total. The number of fused-ring (bicyclic) bond motifs is 1. The number of nitrogens with zero attached hydrogens (tertiary/aromatic N) is 2. The highest BCUT2D eigenvalue weighted by Crippen LogP contribution is 2.25. The van der Waals surface area contributed by atoms with E-state index >= 15 is 0 Å². The van der Waals surface area contributed by atoms with Crippen molar-refractivity contribution in [2.24, 2.45) is 5.92 Å². The standard InChI is InChI=1S/C21H23N3O/c1-14(2)6-11-23-21(25)18-13-20(16-7-9-22-10-8-16)24-19-5-4-15(3)12-17(18)19/h4-5,7-10,12-14H,6,11H2,1-3H3,(H,23,25). The first-order valence-corrected chi connectivity index (χ1v) is 8.64. The van der Waals surface area contributed by atoms with Crippen LogP contribution in [0.3, 0.4) is 0 Å². The van der Waals surface area contributed by atoms with Crippen molar-refractivity contribution in [3.63, 3.8) is 0 Å². The quantitative estimate of drug-likeness (QED) is 0.754. The van der Waals surface area contributed by atoms with Gasteiger partial charge in [-0.15, -0.1) is 0 Å². The maximum absolute atomic E-state index is 12.8. The predicted molar refractivity (Wildman–Crippen MR) is 101 cm³/mol. The number of pyridine rings is 2. The van der Waals surface area contributed by atoms with Crippen molar-refractivity contribution < 1.29 is 4.79 Å². The third-order valence-corrected chi connectivity index (χ3v) is 4.19. The number of hydrogen-bond donors (Lipinski definition) is 1. The third kappa shape index (κ3) is 4.02. The Morgan fingerprint density at radius 1 is 1.12 bits per heavy atom. The minimum absolute atomic E-state index is 0.0473. The fourth-order valence-corrected chi connectivity index (χ4v) is 2.77. The Bertz CT molecular complexity index is 888. The van der Waals surface area contributed by atoms with Gasteiger partial charge < -0.3 is 5.32 Å².